The van der Waals surface area contributed by atoms with Crippen LogP contribution < -0.4 is 9.47 Å². The van der Waals surface area contributed by atoms with Gasteiger partial charge >= 0.3 is 5.97 Å². The van der Waals surface area contributed by atoms with Crippen LogP contribution in [-0.2, 0) is 0 Å². The lowest BCUT2D eigenvalue weighted by molar-refractivity contribution is 0.0734. The van der Waals surface area contributed by atoms with Crippen molar-refractivity contribution >= 4 is 5.97 Å². The fourth-order valence-corrected chi connectivity index (χ4v) is 4.31. The second-order valence-corrected chi connectivity index (χ2v) is 8.57. The van der Waals surface area contributed by atoms with Crippen LogP contribution in [0.4, 0.5) is 0 Å². The fraction of sp³-hybridized carbons (Fsp3) is 0.481. The van der Waals surface area contributed by atoms with Gasteiger partial charge in [0.2, 0.25) is 0 Å². The van der Waals surface area contributed by atoms with Gasteiger partial charge in [-0.1, -0.05) is 51.9 Å². The molecule has 0 amide bonds. The van der Waals surface area contributed by atoms with Gasteiger partial charge in [-0.15, -0.1) is 0 Å². The molecule has 1 saturated carbocycles. The van der Waals surface area contributed by atoms with Crippen molar-refractivity contribution in [2.24, 2.45) is 11.8 Å². The Labute approximate surface area is 186 Å². The first-order valence-corrected chi connectivity index (χ1v) is 11.6. The lowest BCUT2D eigenvalue weighted by Crippen LogP contribution is -2.15. The smallest absolute Gasteiger partial charge is 0.343 e. The van der Waals surface area contributed by atoms with Gasteiger partial charge < -0.3 is 9.47 Å². The highest BCUT2D eigenvalue weighted by molar-refractivity contribution is 5.91. The molecule has 1 aliphatic carbocycles. The van der Waals surface area contributed by atoms with E-state index in [-0.39, 0.29) is 0 Å². The molecule has 0 unspecified atom stereocenters. The zero-order valence-electron chi connectivity index (χ0n) is 18.5. The summed E-state index contributed by atoms with van der Waals surface area (Å²) in [5.74, 6) is 2.60. The third-order valence-electron chi connectivity index (χ3n) is 6.24. The number of nitrogens with zero attached hydrogens (tertiary/aromatic N) is 1. The van der Waals surface area contributed by atoms with Crippen LogP contribution in [0.15, 0.2) is 48.5 Å². The minimum Gasteiger partial charge on any atom is -0.494 e. The minimum atomic E-state index is -0.425. The van der Waals surface area contributed by atoms with Gasteiger partial charge in [0.1, 0.15) is 11.5 Å². The Kier molecular flexibility index (Phi) is 8.97. The van der Waals surface area contributed by atoms with Crippen LogP contribution in [0.25, 0.3) is 0 Å². The largest absolute Gasteiger partial charge is 0.494 e. The molecule has 0 aliphatic heterocycles. The van der Waals surface area contributed by atoms with Crippen molar-refractivity contribution in [3.05, 3.63) is 59.7 Å². The number of hydrogen-bond acceptors (Lipinski definition) is 4. The number of carbonyl (C=O) groups excluding carboxylic acids is 1. The van der Waals surface area contributed by atoms with Crippen LogP contribution in [0.3, 0.4) is 0 Å². The van der Waals surface area contributed by atoms with Gasteiger partial charge in [0.15, 0.2) is 0 Å². The Morgan fingerprint density at radius 1 is 0.903 bits per heavy atom. The van der Waals surface area contributed by atoms with Crippen LogP contribution >= 0.6 is 0 Å². The highest BCUT2D eigenvalue weighted by atomic mass is 16.5. The van der Waals surface area contributed by atoms with Gasteiger partial charge in [0, 0.05) is 0 Å². The maximum absolute atomic E-state index is 12.3. The van der Waals surface area contributed by atoms with Gasteiger partial charge in [-0.05, 0) is 73.2 Å². The highest BCUT2D eigenvalue weighted by Gasteiger charge is 2.20. The molecular formula is C27H33NO3. The standard InChI is InChI=1S/C27H33NO3/c1-2-3-5-21-7-9-22(10-8-21)6-4-19-30-25-17-13-24(14-18-25)27(29)31-26-15-11-23(20-28)12-16-26/h11-18,21-22H,2-10,19H2,1H3/t21-,22-. The molecule has 0 atom stereocenters. The number of unbranched alkanes of at least 4 members (excludes halogenated alkanes) is 1. The molecule has 0 spiro atoms. The van der Waals surface area contributed by atoms with E-state index in [1.807, 2.05) is 18.2 Å². The fourth-order valence-electron chi connectivity index (χ4n) is 4.31. The Morgan fingerprint density at radius 3 is 2.06 bits per heavy atom. The molecule has 1 fully saturated rings. The third-order valence-corrected chi connectivity index (χ3v) is 6.24. The summed E-state index contributed by atoms with van der Waals surface area (Å²) in [6, 6.07) is 15.6. The van der Waals surface area contributed by atoms with E-state index >= 15 is 0 Å². The summed E-state index contributed by atoms with van der Waals surface area (Å²) < 4.78 is 11.2. The maximum Gasteiger partial charge on any atom is 0.343 e. The average molecular weight is 420 g/mol. The Balaban J connectivity index is 1.35. The lowest BCUT2D eigenvalue weighted by Gasteiger charge is -2.28. The number of ether oxygens (including phenoxy) is 2. The van der Waals surface area contributed by atoms with Crippen molar-refractivity contribution in [1.29, 1.82) is 5.26 Å². The van der Waals surface area contributed by atoms with E-state index in [4.69, 9.17) is 14.7 Å². The zero-order chi connectivity index (χ0) is 21.9. The van der Waals surface area contributed by atoms with E-state index < -0.39 is 5.97 Å². The predicted octanol–water partition coefficient (Wildman–Crippen LogP) is 6.93. The number of benzene rings is 2. The number of esters is 1. The van der Waals surface area contributed by atoms with Crippen molar-refractivity contribution in [3.8, 4) is 17.6 Å². The first kappa shape index (κ1) is 22.9. The van der Waals surface area contributed by atoms with Gasteiger partial charge in [-0.3, -0.25) is 0 Å². The van der Waals surface area contributed by atoms with Crippen molar-refractivity contribution in [2.75, 3.05) is 6.61 Å². The van der Waals surface area contributed by atoms with E-state index in [9.17, 15) is 4.79 Å². The molecule has 0 N–H and O–H groups in total. The summed E-state index contributed by atoms with van der Waals surface area (Å²) in [4.78, 5) is 12.3. The summed E-state index contributed by atoms with van der Waals surface area (Å²) in [7, 11) is 0. The number of carbonyl (C=O) groups is 1. The topological polar surface area (TPSA) is 59.3 Å². The van der Waals surface area contributed by atoms with E-state index in [0.29, 0.717) is 23.5 Å². The van der Waals surface area contributed by atoms with Crippen LogP contribution in [0.2, 0.25) is 0 Å². The SMILES string of the molecule is CCCC[C@H]1CC[C@H](CCCOc2ccc(C(=O)Oc3ccc(C#N)cc3)cc2)CC1. The van der Waals surface area contributed by atoms with E-state index in [1.54, 1.807) is 36.4 Å². The van der Waals surface area contributed by atoms with E-state index in [1.165, 1.54) is 51.4 Å². The normalized spacial score (nSPS) is 18.2. The summed E-state index contributed by atoms with van der Waals surface area (Å²) in [5.41, 5.74) is 0.998. The number of nitriles is 1. The minimum absolute atomic E-state index is 0.420. The van der Waals surface area contributed by atoms with Gasteiger partial charge in [-0.2, -0.15) is 5.26 Å². The average Bonchev–Trinajstić information content (AvgIpc) is 2.82. The molecule has 31 heavy (non-hydrogen) atoms. The first-order valence-electron chi connectivity index (χ1n) is 11.6. The van der Waals surface area contributed by atoms with Gasteiger partial charge in [0.25, 0.3) is 0 Å². The molecule has 2 aromatic carbocycles. The Hall–Kier alpha value is -2.80. The molecular weight excluding hydrogens is 386 g/mol. The third kappa shape index (κ3) is 7.43. The Morgan fingerprint density at radius 2 is 1.48 bits per heavy atom. The summed E-state index contributed by atoms with van der Waals surface area (Å²) in [5, 5.41) is 8.82. The molecule has 0 saturated heterocycles. The summed E-state index contributed by atoms with van der Waals surface area (Å²) >= 11 is 0. The monoisotopic (exact) mass is 419 g/mol. The maximum atomic E-state index is 12.3. The van der Waals surface area contributed by atoms with Crippen LogP contribution in [0.5, 0.6) is 11.5 Å². The van der Waals surface area contributed by atoms with Gasteiger partial charge in [-0.25, -0.2) is 4.79 Å². The molecule has 3 rings (SSSR count). The predicted molar refractivity (Wildman–Crippen MR) is 122 cm³/mol. The zero-order valence-corrected chi connectivity index (χ0v) is 18.5. The summed E-state index contributed by atoms with van der Waals surface area (Å²) in [6.07, 6.45) is 12.0. The Bertz CT molecular complexity index is 844. The van der Waals surface area contributed by atoms with E-state index in [0.717, 1.165) is 24.0 Å². The molecule has 4 nitrogen and oxygen atoms in total. The second-order valence-electron chi connectivity index (χ2n) is 8.57. The molecule has 2 aromatic rings. The quantitative estimate of drug-likeness (QED) is 0.238. The van der Waals surface area contributed by atoms with Crippen molar-refractivity contribution < 1.29 is 14.3 Å². The van der Waals surface area contributed by atoms with Crippen LogP contribution in [0.1, 0.15) is 80.6 Å². The van der Waals surface area contributed by atoms with Gasteiger partial charge in [0.05, 0.1) is 23.8 Å². The molecule has 0 bridgehead atoms. The molecule has 1 aliphatic rings. The molecule has 164 valence electrons. The van der Waals surface area contributed by atoms with Crippen LogP contribution in [0, 0.1) is 23.2 Å². The second kappa shape index (κ2) is 12.2. The highest BCUT2D eigenvalue weighted by Crippen LogP contribution is 2.34. The first-order chi connectivity index (χ1) is 15.2. The molecule has 4 heteroatoms. The molecule has 0 heterocycles. The summed E-state index contributed by atoms with van der Waals surface area (Å²) in [6.45, 7) is 2.99. The van der Waals surface area contributed by atoms with Crippen molar-refractivity contribution in [3.63, 3.8) is 0 Å². The molecule has 0 aromatic heterocycles. The van der Waals surface area contributed by atoms with E-state index in [2.05, 4.69) is 6.92 Å². The van der Waals surface area contributed by atoms with Crippen molar-refractivity contribution in [1.82, 2.24) is 0 Å². The van der Waals surface area contributed by atoms with Crippen LogP contribution in [-0.4, -0.2) is 12.6 Å². The molecule has 0 radical (unpaired) electrons. The number of hydrogen-bond donors (Lipinski definition) is 0. The lowest BCUT2D eigenvalue weighted by atomic mass is 9.78. The number of rotatable bonds is 10. The van der Waals surface area contributed by atoms with Crippen molar-refractivity contribution in [2.45, 2.75) is 64.7 Å².